The maximum absolute atomic E-state index is 12.4. The van der Waals surface area contributed by atoms with Crippen LogP contribution in [0.5, 0.6) is 0 Å². The molecular weight excluding hydrogens is 280 g/mol. The monoisotopic (exact) mass is 296 g/mol. The lowest BCUT2D eigenvalue weighted by Gasteiger charge is -2.29. The van der Waals surface area contributed by atoms with E-state index in [1.54, 1.807) is 28.8 Å². The van der Waals surface area contributed by atoms with Crippen molar-refractivity contribution in [1.82, 2.24) is 28.9 Å². The van der Waals surface area contributed by atoms with Gasteiger partial charge in [-0.15, -0.1) is 0 Å². The largest absolute Gasteiger partial charge is 0.339 e. The highest BCUT2D eigenvalue weighted by molar-refractivity contribution is 7.89. The first-order valence-corrected chi connectivity index (χ1v) is 7.85. The molecule has 0 aliphatic carbocycles. The molecule has 108 valence electrons. The average Bonchev–Trinajstić information content (AvgIpc) is 3.10. The SMILES string of the molecule is Cn1cnc(S(=O)(=O)N2CCC(n3nccn3)CC2)c1. The van der Waals surface area contributed by atoms with Gasteiger partial charge in [-0.3, -0.25) is 0 Å². The zero-order valence-electron chi connectivity index (χ0n) is 11.1. The van der Waals surface area contributed by atoms with Gasteiger partial charge in [-0.25, -0.2) is 13.4 Å². The predicted molar refractivity (Wildman–Crippen MR) is 70.3 cm³/mol. The molecule has 0 saturated carbocycles. The quantitative estimate of drug-likeness (QED) is 0.798. The fourth-order valence-corrected chi connectivity index (χ4v) is 3.82. The molecule has 0 amide bonds. The molecule has 9 heteroatoms. The Bertz CT molecular complexity index is 670. The normalized spacial score (nSPS) is 18.4. The predicted octanol–water partition coefficient (Wildman–Crippen LogP) is 0.0374. The van der Waals surface area contributed by atoms with Gasteiger partial charge in [0.05, 0.1) is 24.8 Å². The van der Waals surface area contributed by atoms with E-state index in [1.165, 1.54) is 16.8 Å². The fourth-order valence-electron chi connectivity index (χ4n) is 2.38. The lowest BCUT2D eigenvalue weighted by Crippen LogP contribution is -2.39. The van der Waals surface area contributed by atoms with E-state index in [2.05, 4.69) is 15.2 Å². The number of nitrogens with zero attached hydrogens (tertiary/aromatic N) is 6. The minimum absolute atomic E-state index is 0.107. The summed E-state index contributed by atoms with van der Waals surface area (Å²) in [6, 6.07) is 0.167. The summed E-state index contributed by atoms with van der Waals surface area (Å²) in [5, 5.41) is 8.33. The van der Waals surface area contributed by atoms with E-state index >= 15 is 0 Å². The molecule has 2 aromatic rings. The molecule has 0 bridgehead atoms. The van der Waals surface area contributed by atoms with Crippen LogP contribution in [0.25, 0.3) is 0 Å². The van der Waals surface area contributed by atoms with E-state index < -0.39 is 10.0 Å². The summed E-state index contributed by atoms with van der Waals surface area (Å²) in [4.78, 5) is 5.59. The highest BCUT2D eigenvalue weighted by atomic mass is 32.2. The third kappa shape index (κ3) is 2.34. The Morgan fingerprint density at radius 1 is 1.20 bits per heavy atom. The van der Waals surface area contributed by atoms with Gasteiger partial charge in [-0.1, -0.05) is 0 Å². The molecule has 1 fully saturated rings. The molecule has 0 radical (unpaired) electrons. The second kappa shape index (κ2) is 4.98. The van der Waals surface area contributed by atoms with Crippen LogP contribution in [0.1, 0.15) is 18.9 Å². The Morgan fingerprint density at radius 2 is 1.85 bits per heavy atom. The number of hydrogen-bond donors (Lipinski definition) is 0. The van der Waals surface area contributed by atoms with E-state index in [0.29, 0.717) is 25.9 Å². The van der Waals surface area contributed by atoms with Crippen LogP contribution in [-0.4, -0.2) is 50.4 Å². The second-order valence-electron chi connectivity index (χ2n) is 4.86. The molecule has 8 nitrogen and oxygen atoms in total. The van der Waals surface area contributed by atoms with Crippen molar-refractivity contribution in [2.45, 2.75) is 23.9 Å². The first kappa shape index (κ1) is 13.3. The topological polar surface area (TPSA) is 85.9 Å². The first-order valence-electron chi connectivity index (χ1n) is 6.41. The van der Waals surface area contributed by atoms with Crippen molar-refractivity contribution >= 4 is 10.0 Å². The molecule has 1 aliphatic rings. The highest BCUT2D eigenvalue weighted by Gasteiger charge is 2.31. The third-order valence-electron chi connectivity index (χ3n) is 3.47. The molecule has 0 N–H and O–H groups in total. The number of rotatable bonds is 3. The van der Waals surface area contributed by atoms with Gasteiger partial charge in [-0.05, 0) is 12.8 Å². The molecule has 1 saturated heterocycles. The zero-order valence-corrected chi connectivity index (χ0v) is 11.9. The van der Waals surface area contributed by atoms with Crippen LogP contribution in [0.2, 0.25) is 0 Å². The second-order valence-corrected chi connectivity index (χ2v) is 6.75. The van der Waals surface area contributed by atoms with Crippen molar-refractivity contribution in [3.63, 3.8) is 0 Å². The lowest BCUT2D eigenvalue weighted by atomic mass is 10.1. The molecule has 1 aliphatic heterocycles. The van der Waals surface area contributed by atoms with Gasteiger partial charge < -0.3 is 4.57 Å². The van der Waals surface area contributed by atoms with Crippen molar-refractivity contribution in [2.75, 3.05) is 13.1 Å². The molecule has 2 aromatic heterocycles. The molecule has 20 heavy (non-hydrogen) atoms. The average molecular weight is 296 g/mol. The minimum Gasteiger partial charge on any atom is -0.339 e. The summed E-state index contributed by atoms with van der Waals surface area (Å²) in [6.07, 6.45) is 7.71. The van der Waals surface area contributed by atoms with Crippen LogP contribution in [0.4, 0.5) is 0 Å². The zero-order chi connectivity index (χ0) is 14.2. The number of hydrogen-bond acceptors (Lipinski definition) is 5. The van der Waals surface area contributed by atoms with E-state index in [-0.39, 0.29) is 11.1 Å². The fraction of sp³-hybridized carbons (Fsp3) is 0.545. The number of imidazole rings is 1. The Balaban J connectivity index is 1.72. The molecule has 0 unspecified atom stereocenters. The van der Waals surface area contributed by atoms with Gasteiger partial charge in [-0.2, -0.15) is 19.3 Å². The van der Waals surface area contributed by atoms with Gasteiger partial charge >= 0.3 is 0 Å². The standard InChI is InChI=1S/C11H16N6O2S/c1-15-8-11(12-9-15)20(18,19)16-6-2-10(3-7-16)17-13-4-5-14-17/h4-5,8-10H,2-3,6-7H2,1H3. The maximum atomic E-state index is 12.4. The summed E-state index contributed by atoms with van der Waals surface area (Å²) in [7, 11) is -1.73. The molecule has 3 heterocycles. The number of aryl methyl sites for hydroxylation is 1. The molecule has 3 rings (SSSR count). The van der Waals surface area contributed by atoms with E-state index in [1.807, 2.05) is 0 Å². The van der Waals surface area contributed by atoms with Crippen molar-refractivity contribution in [3.05, 3.63) is 24.9 Å². The molecule has 0 aromatic carbocycles. The van der Waals surface area contributed by atoms with E-state index in [9.17, 15) is 8.42 Å². The van der Waals surface area contributed by atoms with Crippen LogP contribution in [0.3, 0.4) is 0 Å². The van der Waals surface area contributed by atoms with Crippen molar-refractivity contribution in [1.29, 1.82) is 0 Å². The van der Waals surface area contributed by atoms with Crippen molar-refractivity contribution < 1.29 is 8.42 Å². The number of sulfonamides is 1. The Kier molecular flexibility index (Phi) is 3.30. The summed E-state index contributed by atoms with van der Waals surface area (Å²) in [5.41, 5.74) is 0. The number of aromatic nitrogens is 5. The number of piperidine rings is 1. The maximum Gasteiger partial charge on any atom is 0.262 e. The highest BCUT2D eigenvalue weighted by Crippen LogP contribution is 2.24. The Labute approximate surface area is 117 Å². The summed E-state index contributed by atoms with van der Waals surface area (Å²) in [6.45, 7) is 0.927. The molecule has 0 spiro atoms. The van der Waals surface area contributed by atoms with Gasteiger partial charge in [0.25, 0.3) is 10.0 Å². The molecular formula is C11H16N6O2S. The van der Waals surface area contributed by atoms with E-state index in [4.69, 9.17) is 0 Å². The first-order chi connectivity index (χ1) is 9.57. The van der Waals surface area contributed by atoms with Crippen LogP contribution >= 0.6 is 0 Å². The Morgan fingerprint density at radius 3 is 2.40 bits per heavy atom. The van der Waals surface area contributed by atoms with Crippen LogP contribution in [0, 0.1) is 0 Å². The third-order valence-corrected chi connectivity index (χ3v) is 5.26. The van der Waals surface area contributed by atoms with E-state index in [0.717, 1.165) is 0 Å². The minimum atomic E-state index is -3.48. The Hall–Kier alpha value is -1.74. The van der Waals surface area contributed by atoms with Crippen LogP contribution in [-0.2, 0) is 17.1 Å². The van der Waals surface area contributed by atoms with Crippen molar-refractivity contribution in [2.24, 2.45) is 7.05 Å². The van der Waals surface area contributed by atoms with Crippen molar-refractivity contribution in [3.8, 4) is 0 Å². The summed E-state index contributed by atoms with van der Waals surface area (Å²) < 4.78 is 27.9. The summed E-state index contributed by atoms with van der Waals surface area (Å²) in [5.74, 6) is 0. The lowest BCUT2D eigenvalue weighted by molar-refractivity contribution is 0.244. The van der Waals surface area contributed by atoms with Gasteiger partial charge in [0.1, 0.15) is 0 Å². The van der Waals surface area contributed by atoms with Gasteiger partial charge in [0.15, 0.2) is 5.03 Å². The summed E-state index contributed by atoms with van der Waals surface area (Å²) >= 11 is 0. The van der Waals surface area contributed by atoms with Gasteiger partial charge in [0.2, 0.25) is 0 Å². The van der Waals surface area contributed by atoms with Crippen LogP contribution in [0.15, 0.2) is 29.9 Å². The van der Waals surface area contributed by atoms with Crippen LogP contribution < -0.4 is 0 Å². The van der Waals surface area contributed by atoms with Gasteiger partial charge in [0, 0.05) is 26.3 Å². The smallest absolute Gasteiger partial charge is 0.262 e. The molecule has 0 atom stereocenters.